The molecule has 1 aliphatic carbocycles. The Labute approximate surface area is 188 Å². The number of likely N-dealkylation sites (tertiary alicyclic amines) is 1. The summed E-state index contributed by atoms with van der Waals surface area (Å²) >= 11 is 0. The molecule has 178 valence electrons. The summed E-state index contributed by atoms with van der Waals surface area (Å²) in [5, 5.41) is 3.44. The topological polar surface area (TPSA) is 66.4 Å². The third-order valence-corrected chi connectivity index (χ3v) is 6.77. The van der Waals surface area contributed by atoms with Crippen molar-refractivity contribution in [2.24, 2.45) is 10.9 Å². The number of morpholine rings is 1. The molecule has 7 nitrogen and oxygen atoms in total. The van der Waals surface area contributed by atoms with Crippen molar-refractivity contribution in [3.63, 3.8) is 0 Å². The molecule has 0 atom stereocenters. The SMILES string of the molecule is CCNC(=NCCCCOC1CCCCCC1)N1CCC(C(=O)N2CCOCC2)CC1. The summed E-state index contributed by atoms with van der Waals surface area (Å²) in [5.74, 6) is 1.47. The minimum atomic E-state index is 0.151. The number of guanidine groups is 1. The predicted molar refractivity (Wildman–Crippen MR) is 124 cm³/mol. The Balaban J connectivity index is 1.34. The maximum Gasteiger partial charge on any atom is 0.225 e. The van der Waals surface area contributed by atoms with Gasteiger partial charge in [0.15, 0.2) is 5.96 Å². The van der Waals surface area contributed by atoms with Crippen LogP contribution in [0.15, 0.2) is 4.99 Å². The zero-order chi connectivity index (χ0) is 21.7. The molecular weight excluding hydrogens is 392 g/mol. The van der Waals surface area contributed by atoms with Gasteiger partial charge in [-0.3, -0.25) is 9.79 Å². The zero-order valence-electron chi connectivity index (χ0n) is 19.7. The molecule has 31 heavy (non-hydrogen) atoms. The minimum Gasteiger partial charge on any atom is -0.378 e. The van der Waals surface area contributed by atoms with Crippen molar-refractivity contribution < 1.29 is 14.3 Å². The number of unbranched alkanes of at least 4 members (excludes halogenated alkanes) is 1. The van der Waals surface area contributed by atoms with Crippen LogP contribution in [0.5, 0.6) is 0 Å². The van der Waals surface area contributed by atoms with Gasteiger partial charge in [-0.15, -0.1) is 0 Å². The van der Waals surface area contributed by atoms with Crippen LogP contribution in [0, 0.1) is 5.92 Å². The summed E-state index contributed by atoms with van der Waals surface area (Å²) in [6.45, 7) is 9.33. The molecule has 0 unspecified atom stereocenters. The lowest BCUT2D eigenvalue weighted by atomic mass is 9.95. The number of rotatable bonds is 8. The molecule has 3 rings (SSSR count). The van der Waals surface area contributed by atoms with Crippen molar-refractivity contribution in [1.82, 2.24) is 15.1 Å². The number of piperidine rings is 1. The number of amides is 1. The Kier molecular flexibility index (Phi) is 10.9. The molecule has 2 saturated heterocycles. The maximum absolute atomic E-state index is 12.8. The Bertz CT molecular complexity index is 535. The smallest absolute Gasteiger partial charge is 0.225 e. The highest BCUT2D eigenvalue weighted by Gasteiger charge is 2.30. The Morgan fingerprint density at radius 1 is 0.968 bits per heavy atom. The van der Waals surface area contributed by atoms with Gasteiger partial charge >= 0.3 is 0 Å². The highest BCUT2D eigenvalue weighted by atomic mass is 16.5. The number of nitrogens with zero attached hydrogens (tertiary/aromatic N) is 3. The molecule has 0 aromatic carbocycles. The molecule has 1 N–H and O–H groups in total. The second-order valence-electron chi connectivity index (χ2n) is 9.13. The van der Waals surface area contributed by atoms with Crippen LogP contribution in [0.4, 0.5) is 0 Å². The van der Waals surface area contributed by atoms with Gasteiger partial charge in [-0.05, 0) is 45.4 Å². The van der Waals surface area contributed by atoms with Crippen LogP contribution in [0.3, 0.4) is 0 Å². The van der Waals surface area contributed by atoms with Crippen molar-refractivity contribution >= 4 is 11.9 Å². The molecule has 2 aliphatic heterocycles. The summed E-state index contributed by atoms with van der Waals surface area (Å²) in [4.78, 5) is 21.9. The first-order valence-electron chi connectivity index (χ1n) is 12.8. The number of ether oxygens (including phenoxy) is 2. The second-order valence-corrected chi connectivity index (χ2v) is 9.13. The molecule has 7 heteroatoms. The van der Waals surface area contributed by atoms with Crippen LogP contribution >= 0.6 is 0 Å². The monoisotopic (exact) mass is 436 g/mol. The van der Waals surface area contributed by atoms with E-state index in [9.17, 15) is 4.79 Å². The van der Waals surface area contributed by atoms with Crippen molar-refractivity contribution in [2.75, 3.05) is 59.1 Å². The molecule has 0 spiro atoms. The van der Waals surface area contributed by atoms with Gasteiger partial charge in [0.2, 0.25) is 5.91 Å². The van der Waals surface area contributed by atoms with E-state index < -0.39 is 0 Å². The molecule has 3 aliphatic rings. The number of carbonyl (C=O) groups excluding carboxylic acids is 1. The third-order valence-electron chi connectivity index (χ3n) is 6.77. The standard InChI is InChI=1S/C24H44N4O3/c1-2-25-24(26-13-7-8-18-31-22-9-5-3-4-6-10-22)28-14-11-21(12-15-28)23(29)27-16-19-30-20-17-27/h21-22H,2-20H2,1H3,(H,25,26). The van der Waals surface area contributed by atoms with Crippen LogP contribution in [-0.4, -0.2) is 86.9 Å². The third kappa shape index (κ3) is 8.26. The van der Waals surface area contributed by atoms with E-state index in [1.165, 1.54) is 38.5 Å². The molecule has 3 fully saturated rings. The second kappa shape index (κ2) is 13.9. The fraction of sp³-hybridized carbons (Fsp3) is 0.917. The van der Waals surface area contributed by atoms with Crippen LogP contribution in [-0.2, 0) is 14.3 Å². The van der Waals surface area contributed by atoms with E-state index in [-0.39, 0.29) is 5.92 Å². The summed E-state index contributed by atoms with van der Waals surface area (Å²) < 4.78 is 11.5. The molecule has 0 bridgehead atoms. The lowest BCUT2D eigenvalue weighted by Crippen LogP contribution is -2.50. The van der Waals surface area contributed by atoms with Crippen LogP contribution in [0.1, 0.15) is 71.1 Å². The Morgan fingerprint density at radius 3 is 2.35 bits per heavy atom. The molecule has 2 heterocycles. The van der Waals surface area contributed by atoms with E-state index in [0.29, 0.717) is 25.2 Å². The van der Waals surface area contributed by atoms with E-state index in [1.807, 2.05) is 4.90 Å². The lowest BCUT2D eigenvalue weighted by molar-refractivity contribution is -0.140. The highest BCUT2D eigenvalue weighted by Crippen LogP contribution is 2.21. The Hall–Kier alpha value is -1.34. The quantitative estimate of drug-likeness (QED) is 0.274. The van der Waals surface area contributed by atoms with Crippen molar-refractivity contribution in [1.29, 1.82) is 0 Å². The number of carbonyl (C=O) groups is 1. The van der Waals surface area contributed by atoms with E-state index >= 15 is 0 Å². The summed E-state index contributed by atoms with van der Waals surface area (Å²) in [5.41, 5.74) is 0. The summed E-state index contributed by atoms with van der Waals surface area (Å²) in [6, 6.07) is 0. The maximum atomic E-state index is 12.8. The number of hydrogen-bond acceptors (Lipinski definition) is 4. The highest BCUT2D eigenvalue weighted by molar-refractivity contribution is 5.81. The fourth-order valence-corrected chi connectivity index (χ4v) is 4.86. The van der Waals surface area contributed by atoms with Gasteiger partial charge in [0, 0.05) is 51.8 Å². The normalized spacial score (nSPS) is 22.4. The Morgan fingerprint density at radius 2 is 1.68 bits per heavy atom. The van der Waals surface area contributed by atoms with Crippen LogP contribution in [0.2, 0.25) is 0 Å². The molecule has 1 amide bonds. The number of aliphatic imine (C=N–C) groups is 1. The number of hydrogen-bond donors (Lipinski definition) is 1. The van der Waals surface area contributed by atoms with Gasteiger partial charge in [-0.25, -0.2) is 0 Å². The van der Waals surface area contributed by atoms with E-state index in [4.69, 9.17) is 14.5 Å². The van der Waals surface area contributed by atoms with Crippen LogP contribution < -0.4 is 5.32 Å². The lowest BCUT2D eigenvalue weighted by Gasteiger charge is -2.36. The first-order chi connectivity index (χ1) is 15.3. The predicted octanol–water partition coefficient (Wildman–Crippen LogP) is 3.04. The largest absolute Gasteiger partial charge is 0.378 e. The van der Waals surface area contributed by atoms with E-state index in [1.54, 1.807) is 0 Å². The van der Waals surface area contributed by atoms with Gasteiger partial charge in [-0.2, -0.15) is 0 Å². The molecular formula is C24H44N4O3. The van der Waals surface area contributed by atoms with E-state index in [2.05, 4.69) is 17.1 Å². The van der Waals surface area contributed by atoms with Crippen molar-refractivity contribution in [2.45, 2.75) is 77.2 Å². The van der Waals surface area contributed by atoms with Crippen molar-refractivity contribution in [3.05, 3.63) is 0 Å². The van der Waals surface area contributed by atoms with Gasteiger partial charge in [-0.1, -0.05) is 25.7 Å². The number of nitrogens with one attached hydrogen (secondary N) is 1. The summed E-state index contributed by atoms with van der Waals surface area (Å²) in [6.07, 6.45) is 12.4. The molecule has 0 aromatic heterocycles. The molecule has 0 radical (unpaired) electrons. The first kappa shape index (κ1) is 24.3. The first-order valence-corrected chi connectivity index (χ1v) is 12.8. The zero-order valence-corrected chi connectivity index (χ0v) is 19.7. The fourth-order valence-electron chi connectivity index (χ4n) is 4.86. The van der Waals surface area contributed by atoms with Crippen LogP contribution in [0.25, 0.3) is 0 Å². The van der Waals surface area contributed by atoms with Gasteiger partial charge < -0.3 is 24.6 Å². The van der Waals surface area contributed by atoms with Gasteiger partial charge in [0.05, 0.1) is 19.3 Å². The van der Waals surface area contributed by atoms with Gasteiger partial charge in [0.1, 0.15) is 0 Å². The molecule has 0 aromatic rings. The van der Waals surface area contributed by atoms with E-state index in [0.717, 1.165) is 77.5 Å². The van der Waals surface area contributed by atoms with Crippen molar-refractivity contribution in [3.8, 4) is 0 Å². The molecule has 1 saturated carbocycles. The average molecular weight is 437 g/mol. The average Bonchev–Trinajstić information content (AvgIpc) is 3.10. The van der Waals surface area contributed by atoms with Gasteiger partial charge in [0.25, 0.3) is 0 Å². The minimum absolute atomic E-state index is 0.151. The summed E-state index contributed by atoms with van der Waals surface area (Å²) in [7, 11) is 0.